The minimum atomic E-state index is -0.524. The summed E-state index contributed by atoms with van der Waals surface area (Å²) in [4.78, 5) is 13.4. The maximum atomic E-state index is 11.8. The molecule has 3 N–H and O–H groups in total. The predicted octanol–water partition coefficient (Wildman–Crippen LogP) is 1.76. The molecule has 1 heterocycles. The maximum absolute atomic E-state index is 11.8. The number of hydrogen-bond acceptors (Lipinski definition) is 3. The Morgan fingerprint density at radius 2 is 2.18 bits per heavy atom. The quantitative estimate of drug-likeness (QED) is 0.738. The lowest BCUT2D eigenvalue weighted by molar-refractivity contribution is -0.131. The van der Waals surface area contributed by atoms with E-state index in [1.54, 1.807) is 11.9 Å². The lowest BCUT2D eigenvalue weighted by atomic mass is 10.0. The number of aromatic hydroxyl groups is 1. The van der Waals surface area contributed by atoms with E-state index in [0.29, 0.717) is 21.9 Å². The topological polar surface area (TPSA) is 66.6 Å². The first-order valence-corrected chi connectivity index (χ1v) is 6.69. The molecule has 0 spiro atoms. The van der Waals surface area contributed by atoms with Crippen LogP contribution >= 0.6 is 31.9 Å². The van der Waals surface area contributed by atoms with Crippen LogP contribution in [0.2, 0.25) is 0 Å². The average molecular weight is 364 g/mol. The molecule has 2 rings (SSSR count). The van der Waals surface area contributed by atoms with Crippen molar-refractivity contribution in [2.45, 2.75) is 19.0 Å². The van der Waals surface area contributed by atoms with Crippen molar-refractivity contribution in [1.29, 1.82) is 0 Å². The fourth-order valence-electron chi connectivity index (χ4n) is 1.97. The lowest BCUT2D eigenvalue weighted by Gasteiger charge is -2.17. The van der Waals surface area contributed by atoms with Gasteiger partial charge < -0.3 is 15.7 Å². The van der Waals surface area contributed by atoms with E-state index in [-0.39, 0.29) is 11.7 Å². The highest BCUT2D eigenvalue weighted by Gasteiger charge is 2.27. The molecule has 0 aromatic heterocycles. The molecule has 1 aliphatic heterocycles. The fraction of sp³-hybridized carbons (Fsp3) is 0.364. The molecule has 1 aromatic carbocycles. The highest BCUT2D eigenvalue weighted by Crippen LogP contribution is 2.38. The molecule has 1 unspecified atom stereocenters. The number of rotatable bonds is 0. The monoisotopic (exact) mass is 362 g/mol. The Labute approximate surface area is 116 Å². The lowest BCUT2D eigenvalue weighted by Crippen LogP contribution is -2.40. The zero-order valence-electron chi connectivity index (χ0n) is 9.20. The summed E-state index contributed by atoms with van der Waals surface area (Å²) in [7, 11) is 1.71. The summed E-state index contributed by atoms with van der Waals surface area (Å²) < 4.78 is 1.22. The summed E-state index contributed by atoms with van der Waals surface area (Å²) in [5.41, 5.74) is 7.73. The number of nitrogens with two attached hydrogens (primary N) is 1. The minimum absolute atomic E-state index is 0.0799. The van der Waals surface area contributed by atoms with Crippen molar-refractivity contribution in [3.05, 3.63) is 26.1 Å². The number of halogens is 2. The van der Waals surface area contributed by atoms with E-state index in [1.807, 2.05) is 6.07 Å². The first kappa shape index (κ1) is 12.9. The summed E-state index contributed by atoms with van der Waals surface area (Å²) in [6.07, 6.45) is 0.482. The molecule has 1 atom stereocenters. The third-order valence-corrected chi connectivity index (χ3v) is 4.37. The predicted molar refractivity (Wildman–Crippen MR) is 71.7 cm³/mol. The number of benzene rings is 1. The smallest absolute Gasteiger partial charge is 0.239 e. The second-order valence-corrected chi connectivity index (χ2v) is 5.81. The average Bonchev–Trinajstić information content (AvgIpc) is 2.38. The van der Waals surface area contributed by atoms with Gasteiger partial charge in [0.25, 0.3) is 0 Å². The molecule has 0 aliphatic carbocycles. The number of phenolic OH excluding ortho intramolecular Hbond substituents is 1. The van der Waals surface area contributed by atoms with E-state index < -0.39 is 6.04 Å². The summed E-state index contributed by atoms with van der Waals surface area (Å²) in [5.74, 6) is 0.0729. The number of nitrogens with zero attached hydrogens (tertiary/aromatic N) is 1. The van der Waals surface area contributed by atoms with Gasteiger partial charge in [-0.2, -0.15) is 0 Å². The van der Waals surface area contributed by atoms with Crippen molar-refractivity contribution in [3.63, 3.8) is 0 Å². The van der Waals surface area contributed by atoms with Crippen LogP contribution in [-0.2, 0) is 17.8 Å². The number of fused-ring (bicyclic) bond motifs is 1. The van der Waals surface area contributed by atoms with E-state index >= 15 is 0 Å². The molecule has 4 nitrogen and oxygen atoms in total. The van der Waals surface area contributed by atoms with Crippen LogP contribution in [0.1, 0.15) is 11.1 Å². The third-order valence-electron chi connectivity index (χ3n) is 2.92. The zero-order valence-corrected chi connectivity index (χ0v) is 12.4. The van der Waals surface area contributed by atoms with Gasteiger partial charge in [0, 0.05) is 13.6 Å². The molecule has 17 heavy (non-hydrogen) atoms. The molecule has 92 valence electrons. The largest absolute Gasteiger partial charge is 0.506 e. The Hall–Kier alpha value is -0.590. The van der Waals surface area contributed by atoms with Gasteiger partial charge in [0.15, 0.2) is 0 Å². The molecule has 0 radical (unpaired) electrons. The molecular weight excluding hydrogens is 352 g/mol. The van der Waals surface area contributed by atoms with Crippen LogP contribution in [-0.4, -0.2) is 29.0 Å². The van der Waals surface area contributed by atoms with Crippen molar-refractivity contribution < 1.29 is 9.90 Å². The Kier molecular flexibility index (Phi) is 3.47. The van der Waals surface area contributed by atoms with Crippen LogP contribution in [0.5, 0.6) is 5.75 Å². The van der Waals surface area contributed by atoms with Gasteiger partial charge in [-0.1, -0.05) is 0 Å². The molecule has 0 saturated carbocycles. The molecule has 6 heteroatoms. The van der Waals surface area contributed by atoms with Crippen LogP contribution in [0.4, 0.5) is 0 Å². The van der Waals surface area contributed by atoms with Crippen molar-refractivity contribution in [3.8, 4) is 5.75 Å². The Morgan fingerprint density at radius 1 is 1.53 bits per heavy atom. The number of carbonyl (C=O) groups is 1. The zero-order chi connectivity index (χ0) is 12.7. The second-order valence-electron chi connectivity index (χ2n) is 4.16. The van der Waals surface area contributed by atoms with Crippen LogP contribution in [0, 0.1) is 0 Å². The third kappa shape index (κ3) is 2.21. The van der Waals surface area contributed by atoms with Crippen LogP contribution in [0.25, 0.3) is 0 Å². The summed E-state index contributed by atoms with van der Waals surface area (Å²) in [6, 6.07) is 1.30. The van der Waals surface area contributed by atoms with E-state index in [9.17, 15) is 9.90 Å². The molecule has 0 saturated heterocycles. The highest BCUT2D eigenvalue weighted by molar-refractivity contribution is 9.11. The van der Waals surface area contributed by atoms with Gasteiger partial charge in [-0.15, -0.1) is 0 Å². The first-order valence-electron chi connectivity index (χ1n) is 5.11. The number of amides is 1. The van der Waals surface area contributed by atoms with E-state index in [1.165, 1.54) is 0 Å². The van der Waals surface area contributed by atoms with Crippen molar-refractivity contribution in [2.75, 3.05) is 7.05 Å². The minimum Gasteiger partial charge on any atom is -0.506 e. The van der Waals surface area contributed by atoms with Gasteiger partial charge in [0.1, 0.15) is 5.75 Å². The normalized spacial score (nSPS) is 20.1. The Bertz CT molecular complexity index is 491. The van der Waals surface area contributed by atoms with Crippen molar-refractivity contribution in [1.82, 2.24) is 4.90 Å². The van der Waals surface area contributed by atoms with Crippen molar-refractivity contribution >= 4 is 37.8 Å². The van der Waals surface area contributed by atoms with E-state index in [0.717, 1.165) is 11.1 Å². The van der Waals surface area contributed by atoms with Gasteiger partial charge in [-0.05, 0) is 55.5 Å². The van der Waals surface area contributed by atoms with Gasteiger partial charge in [0.05, 0.1) is 15.0 Å². The number of likely N-dealkylation sites (N-methyl/N-ethyl adjacent to an activating group) is 1. The maximum Gasteiger partial charge on any atom is 0.239 e. The SMILES string of the molecule is CN1Cc2c(cc(Br)c(O)c2Br)CC(N)C1=O. The van der Waals surface area contributed by atoms with Crippen LogP contribution in [0.15, 0.2) is 15.0 Å². The Balaban J connectivity index is 2.57. The second kappa shape index (κ2) is 4.59. The Morgan fingerprint density at radius 3 is 2.82 bits per heavy atom. The molecular formula is C11H12Br2N2O2. The summed E-state index contributed by atoms with van der Waals surface area (Å²) in [6.45, 7) is 0.448. The fourth-order valence-corrected chi connectivity index (χ4v) is 3.31. The standard InChI is InChI=1S/C11H12Br2N2O2/c1-15-4-6-5(3-8(14)11(15)17)2-7(12)10(16)9(6)13/h2,8,16H,3-4,14H2,1H3. The molecule has 0 fully saturated rings. The van der Waals surface area contributed by atoms with E-state index in [4.69, 9.17) is 5.73 Å². The van der Waals surface area contributed by atoms with Gasteiger partial charge >= 0.3 is 0 Å². The molecule has 1 aliphatic rings. The van der Waals surface area contributed by atoms with Gasteiger partial charge in [0.2, 0.25) is 5.91 Å². The first-order chi connectivity index (χ1) is 7.91. The van der Waals surface area contributed by atoms with Crippen molar-refractivity contribution in [2.24, 2.45) is 5.73 Å². The van der Waals surface area contributed by atoms with Gasteiger partial charge in [-0.3, -0.25) is 4.79 Å². The number of hydrogen-bond donors (Lipinski definition) is 2. The number of carbonyl (C=O) groups excluding carboxylic acids is 1. The molecule has 1 amide bonds. The van der Waals surface area contributed by atoms with E-state index in [2.05, 4.69) is 31.9 Å². The number of phenols is 1. The summed E-state index contributed by atoms with van der Waals surface area (Å²) in [5, 5.41) is 9.84. The van der Waals surface area contributed by atoms with Crippen LogP contribution in [0.3, 0.4) is 0 Å². The summed E-state index contributed by atoms with van der Waals surface area (Å²) >= 11 is 6.64. The molecule has 0 bridgehead atoms. The van der Waals surface area contributed by atoms with Crippen LogP contribution < -0.4 is 5.73 Å². The molecule has 1 aromatic rings. The van der Waals surface area contributed by atoms with Gasteiger partial charge in [-0.25, -0.2) is 0 Å². The highest BCUT2D eigenvalue weighted by atomic mass is 79.9.